The molecule has 0 fully saturated rings. The number of carbonyl (C=O) groups is 1. The summed E-state index contributed by atoms with van der Waals surface area (Å²) < 4.78 is 29.1. The Kier molecular flexibility index (Phi) is 2.77. The lowest BCUT2D eigenvalue weighted by Crippen LogP contribution is -2.27. The topological polar surface area (TPSA) is 97.5 Å². The van der Waals surface area contributed by atoms with E-state index in [0.29, 0.717) is 0 Å². The summed E-state index contributed by atoms with van der Waals surface area (Å²) in [5.41, 5.74) is 4.39. The van der Waals surface area contributed by atoms with Gasteiger partial charge < -0.3 is 5.73 Å². The predicted octanol–water partition coefficient (Wildman–Crippen LogP) is -0.696. The summed E-state index contributed by atoms with van der Waals surface area (Å²) in [4.78, 5) is 10.3. The van der Waals surface area contributed by atoms with Crippen molar-refractivity contribution < 1.29 is 17.8 Å². The highest BCUT2D eigenvalue weighted by atomic mass is 32.2. The number of nitrogens with two attached hydrogens (primary N) is 1. The average molecular weight is 179 g/mol. The molecule has 0 spiro atoms. The number of rotatable bonds is 3. The fourth-order valence-corrected chi connectivity index (χ4v) is 0.856. The molecule has 6 heteroatoms. The van der Waals surface area contributed by atoms with Gasteiger partial charge in [0.2, 0.25) is 5.91 Å². The molecule has 0 aromatic carbocycles. The Balaban J connectivity index is 4.66. The molecule has 0 aliphatic heterocycles. The summed E-state index contributed by atoms with van der Waals surface area (Å²) in [6.07, 6.45) is 0. The Hall–Kier alpha value is -0.880. The van der Waals surface area contributed by atoms with Crippen LogP contribution in [-0.2, 0) is 14.9 Å². The highest BCUT2D eigenvalue weighted by molar-refractivity contribution is 7.86. The molecule has 0 aromatic heterocycles. The number of hydrogen-bond acceptors (Lipinski definition) is 3. The molecule has 0 saturated heterocycles. The minimum absolute atomic E-state index is 0.326. The van der Waals surface area contributed by atoms with Crippen LogP contribution in [-0.4, -0.2) is 24.1 Å². The predicted molar refractivity (Wildman–Crippen MR) is 39.3 cm³/mol. The molecule has 1 unspecified atom stereocenters. The molecular formula is C5H9NO4S. The molecule has 0 radical (unpaired) electrons. The van der Waals surface area contributed by atoms with E-state index in [1.165, 1.54) is 0 Å². The molecule has 64 valence electrons. The lowest BCUT2D eigenvalue weighted by atomic mass is 10.2. The van der Waals surface area contributed by atoms with Crippen molar-refractivity contribution in [3.8, 4) is 0 Å². The van der Waals surface area contributed by atoms with Crippen molar-refractivity contribution in [2.24, 2.45) is 5.73 Å². The summed E-state index contributed by atoms with van der Waals surface area (Å²) in [5.74, 6) is -0.935. The van der Waals surface area contributed by atoms with E-state index >= 15 is 0 Å². The Bertz CT molecular complexity index is 279. The minimum Gasteiger partial charge on any atom is -0.366 e. The van der Waals surface area contributed by atoms with E-state index < -0.39 is 21.3 Å². The van der Waals surface area contributed by atoms with Crippen LogP contribution < -0.4 is 5.73 Å². The number of hydrogen-bond donors (Lipinski definition) is 2. The van der Waals surface area contributed by atoms with Gasteiger partial charge >= 0.3 is 0 Å². The van der Waals surface area contributed by atoms with E-state index in [1.54, 1.807) is 0 Å². The molecule has 0 rings (SSSR count). The maximum absolute atomic E-state index is 10.4. The van der Waals surface area contributed by atoms with Gasteiger partial charge in [-0.1, -0.05) is 6.58 Å². The van der Waals surface area contributed by atoms with Crippen molar-refractivity contribution in [1.82, 2.24) is 0 Å². The van der Waals surface area contributed by atoms with Gasteiger partial charge in [0.15, 0.2) is 0 Å². The third-order valence-corrected chi connectivity index (χ3v) is 2.43. The van der Waals surface area contributed by atoms with Crippen molar-refractivity contribution in [3.63, 3.8) is 0 Å². The van der Waals surface area contributed by atoms with E-state index in [1.807, 2.05) is 0 Å². The van der Waals surface area contributed by atoms with Gasteiger partial charge in [-0.05, 0) is 6.92 Å². The third-order valence-electron chi connectivity index (χ3n) is 1.25. The first kappa shape index (κ1) is 10.1. The molecule has 0 bridgehead atoms. The standard InChI is InChI=1S/C5H9NO4S/c1-3(5(6)7)4(2)11(8,9)10/h4H,1H2,2H3,(H2,6,7)(H,8,9,10). The largest absolute Gasteiger partial charge is 0.366 e. The monoisotopic (exact) mass is 179 g/mol. The van der Waals surface area contributed by atoms with Crippen LogP contribution in [0.25, 0.3) is 0 Å². The van der Waals surface area contributed by atoms with Gasteiger partial charge in [0, 0.05) is 5.57 Å². The first-order valence-corrected chi connectivity index (χ1v) is 4.22. The molecule has 5 nitrogen and oxygen atoms in total. The molecule has 0 aliphatic carbocycles. The van der Waals surface area contributed by atoms with Crippen LogP contribution >= 0.6 is 0 Å². The zero-order chi connectivity index (χ0) is 9.23. The summed E-state index contributed by atoms with van der Waals surface area (Å²) in [7, 11) is -4.25. The number of carbonyl (C=O) groups excluding carboxylic acids is 1. The molecule has 11 heavy (non-hydrogen) atoms. The van der Waals surface area contributed by atoms with Crippen molar-refractivity contribution in [2.45, 2.75) is 12.2 Å². The smallest absolute Gasteiger partial charge is 0.271 e. The van der Waals surface area contributed by atoms with Crippen molar-refractivity contribution >= 4 is 16.0 Å². The fraction of sp³-hybridized carbons (Fsp3) is 0.400. The van der Waals surface area contributed by atoms with Gasteiger partial charge in [0.05, 0.1) is 0 Å². The number of amides is 1. The number of primary amides is 1. The first-order chi connectivity index (χ1) is 4.76. The van der Waals surface area contributed by atoms with Gasteiger partial charge in [-0.3, -0.25) is 9.35 Å². The first-order valence-electron chi connectivity index (χ1n) is 2.71. The molecule has 0 aliphatic rings. The Morgan fingerprint density at radius 3 is 2.09 bits per heavy atom. The van der Waals surface area contributed by atoms with Gasteiger partial charge in [-0.25, -0.2) is 0 Å². The molecule has 0 heterocycles. The zero-order valence-corrected chi connectivity index (χ0v) is 6.76. The van der Waals surface area contributed by atoms with E-state index in [-0.39, 0.29) is 5.57 Å². The summed E-state index contributed by atoms with van der Waals surface area (Å²) >= 11 is 0. The molecule has 0 aromatic rings. The van der Waals surface area contributed by atoms with Crippen LogP contribution in [0.3, 0.4) is 0 Å². The van der Waals surface area contributed by atoms with Gasteiger partial charge in [-0.2, -0.15) is 8.42 Å². The maximum Gasteiger partial charge on any atom is 0.271 e. The normalized spacial score (nSPS) is 14.0. The summed E-state index contributed by atoms with van der Waals surface area (Å²) in [6, 6.07) is 0. The van der Waals surface area contributed by atoms with E-state index in [4.69, 9.17) is 10.3 Å². The maximum atomic E-state index is 10.4. The van der Waals surface area contributed by atoms with Crippen molar-refractivity contribution in [2.75, 3.05) is 0 Å². The lowest BCUT2D eigenvalue weighted by molar-refractivity contribution is -0.114. The van der Waals surface area contributed by atoms with E-state index in [0.717, 1.165) is 6.92 Å². The van der Waals surface area contributed by atoms with Crippen LogP contribution in [0.15, 0.2) is 12.2 Å². The highest BCUT2D eigenvalue weighted by Gasteiger charge is 2.23. The Labute approximate surface area is 64.6 Å². The summed E-state index contributed by atoms with van der Waals surface area (Å²) in [5, 5.41) is -1.33. The van der Waals surface area contributed by atoms with E-state index in [2.05, 4.69) is 6.58 Å². The highest BCUT2D eigenvalue weighted by Crippen LogP contribution is 2.06. The quantitative estimate of drug-likeness (QED) is 0.442. The van der Waals surface area contributed by atoms with Crippen molar-refractivity contribution in [3.05, 3.63) is 12.2 Å². The molecule has 1 amide bonds. The van der Waals surface area contributed by atoms with Crippen LogP contribution in [0.2, 0.25) is 0 Å². The Morgan fingerprint density at radius 2 is 2.00 bits per heavy atom. The SMILES string of the molecule is C=C(C(N)=O)C(C)S(=O)(=O)O. The Morgan fingerprint density at radius 1 is 1.64 bits per heavy atom. The lowest BCUT2D eigenvalue weighted by Gasteiger charge is -2.06. The third kappa shape index (κ3) is 2.69. The zero-order valence-electron chi connectivity index (χ0n) is 5.94. The second kappa shape index (κ2) is 3.02. The van der Waals surface area contributed by atoms with Gasteiger partial charge in [0.25, 0.3) is 10.1 Å². The second-order valence-electron chi connectivity index (χ2n) is 2.05. The van der Waals surface area contributed by atoms with Crippen LogP contribution in [0.1, 0.15) is 6.92 Å². The molecular weight excluding hydrogens is 170 g/mol. The second-order valence-corrected chi connectivity index (χ2v) is 3.78. The van der Waals surface area contributed by atoms with Crippen LogP contribution in [0.5, 0.6) is 0 Å². The molecule has 1 atom stereocenters. The average Bonchev–Trinajstić information content (AvgIpc) is 1.82. The van der Waals surface area contributed by atoms with Gasteiger partial charge in [0.1, 0.15) is 5.25 Å². The minimum atomic E-state index is -4.25. The van der Waals surface area contributed by atoms with Crippen LogP contribution in [0.4, 0.5) is 0 Å². The molecule has 3 N–H and O–H groups in total. The summed E-state index contributed by atoms with van der Waals surface area (Å²) in [6.45, 7) is 4.23. The van der Waals surface area contributed by atoms with Gasteiger partial charge in [-0.15, -0.1) is 0 Å². The fourth-order valence-electron chi connectivity index (χ4n) is 0.380. The van der Waals surface area contributed by atoms with E-state index in [9.17, 15) is 13.2 Å². The molecule has 0 saturated carbocycles. The van der Waals surface area contributed by atoms with Crippen LogP contribution in [0, 0.1) is 0 Å². The van der Waals surface area contributed by atoms with Crippen molar-refractivity contribution in [1.29, 1.82) is 0 Å².